The Balaban J connectivity index is 0.00000532. The third kappa shape index (κ3) is 9.52. The second-order valence-electron chi connectivity index (χ2n) is 14.1. The average Bonchev–Trinajstić information content (AvgIpc) is 3.65. The molecule has 0 spiro atoms. The van der Waals surface area contributed by atoms with Crippen LogP contribution in [0, 0.1) is 0 Å². The van der Waals surface area contributed by atoms with E-state index < -0.39 is 27.9 Å². The van der Waals surface area contributed by atoms with Crippen molar-refractivity contribution in [3.05, 3.63) is 101 Å². The number of nitrogens with zero attached hydrogens (tertiary/aromatic N) is 2. The average molecular weight is 844 g/mol. The van der Waals surface area contributed by atoms with Gasteiger partial charge >= 0.3 is 29.6 Å². The Labute approximate surface area is 362 Å². The third-order valence-corrected chi connectivity index (χ3v) is 14.1. The number of nitrogens with one attached hydrogen (secondary N) is 2. The van der Waals surface area contributed by atoms with Crippen LogP contribution in [-0.4, -0.2) is 81.0 Å². The van der Waals surface area contributed by atoms with Crippen LogP contribution in [0.2, 0.25) is 5.02 Å². The zero-order valence-corrected chi connectivity index (χ0v) is 36.2. The van der Waals surface area contributed by atoms with Crippen molar-refractivity contribution in [3.8, 4) is 0 Å². The molecule has 7 rings (SSSR count). The summed E-state index contributed by atoms with van der Waals surface area (Å²) in [6, 6.07) is 24.4. The van der Waals surface area contributed by atoms with E-state index in [1.54, 1.807) is 47.8 Å². The molecule has 4 aromatic rings. The molecular weight excluding hydrogens is 803 g/mol. The number of carboxylic acids is 1. The summed E-state index contributed by atoms with van der Waals surface area (Å²) in [7, 11) is -4.35. The first-order valence-corrected chi connectivity index (χ1v) is 22.0. The number of unbranched alkanes of at least 4 members (excludes halogenated alkanes) is 1. The van der Waals surface area contributed by atoms with Crippen molar-refractivity contribution in [1.29, 1.82) is 0 Å². The van der Waals surface area contributed by atoms with Crippen molar-refractivity contribution in [3.63, 3.8) is 0 Å². The summed E-state index contributed by atoms with van der Waals surface area (Å²) in [4.78, 5) is 41.7. The largest absolute Gasteiger partial charge is 1.00 e. The van der Waals surface area contributed by atoms with Gasteiger partial charge in [0.25, 0.3) is 0 Å². The number of fused-ring (bicyclic) bond motifs is 3. The van der Waals surface area contributed by atoms with Crippen LogP contribution in [0.4, 0.5) is 17.1 Å². The zero-order valence-electron chi connectivity index (χ0n) is 30.9. The number of aldehydes is 1. The zero-order chi connectivity index (χ0) is 38.7. The van der Waals surface area contributed by atoms with Crippen molar-refractivity contribution in [2.24, 2.45) is 0 Å². The first kappa shape index (κ1) is 42.7. The predicted molar refractivity (Wildman–Crippen MR) is 215 cm³/mol. The summed E-state index contributed by atoms with van der Waals surface area (Å²) in [6.07, 6.45) is 5.34. The minimum absolute atomic E-state index is 0. The first-order valence-electron chi connectivity index (χ1n) is 18.3. The number of rotatable bonds is 16. The van der Waals surface area contributed by atoms with Gasteiger partial charge in [0.05, 0.1) is 64.2 Å². The molecule has 3 aliphatic rings. The standard InChI is InChI=1S/C40H41ClN4O7S3.Na/c41-30-10-13-35-33(24-30)43(17-4-3-16-42-37(47)15-20-45(19-14-34(45)40(48)49)31-11-8-27(26-46)9-12-31)38(53-35)25-39-44(18-5-21-55(50,51)52)32-22-28-6-1-2-7-29(28)23-36(32)54-39;/h1-2,6-13,22-26,34,38H,3-5,14-21H2,(H2-,42,47,48,49,50,51,52);/q;+1/b39-25-;. The molecule has 0 aromatic heterocycles. The number of hydrogen-bond acceptors (Lipinski definition) is 10. The van der Waals surface area contributed by atoms with Crippen molar-refractivity contribution in [2.75, 3.05) is 43.4 Å². The Hall–Kier alpha value is -2.89. The fraction of sp³-hybridized carbons (Fsp3) is 0.325. The molecule has 2 N–H and O–H groups in total. The summed E-state index contributed by atoms with van der Waals surface area (Å²) in [5.41, 5.74) is 3.35. The summed E-state index contributed by atoms with van der Waals surface area (Å²) in [5.74, 6) is -1.72. The number of benzene rings is 4. The van der Waals surface area contributed by atoms with Crippen LogP contribution in [0.5, 0.6) is 0 Å². The molecule has 3 aliphatic heterocycles. The Morgan fingerprint density at radius 2 is 1.75 bits per heavy atom. The smallest absolute Gasteiger partial charge is 0.748 e. The molecule has 4 aromatic carbocycles. The van der Waals surface area contributed by atoms with E-state index >= 15 is 0 Å². The molecule has 0 aliphatic carbocycles. The van der Waals surface area contributed by atoms with E-state index in [-0.39, 0.29) is 58.2 Å². The quantitative estimate of drug-likeness (QED) is 0.0559. The monoisotopic (exact) mass is 843 g/mol. The molecule has 0 saturated carbocycles. The number of carboxylic acid groups (broad SMARTS) is 1. The van der Waals surface area contributed by atoms with Gasteiger partial charge in [-0.25, -0.2) is 8.42 Å². The maximum absolute atomic E-state index is 13.0. The SMILES string of the molecule is O=Cc1ccc([N+]2(CCC(=O)NCCCC[NH+]3c4cc(Cl)ccc4SC3/C=C3\Sc4cc5ccccc5cc4N3CCCS(=O)(=O)[O-])CCC2C(=O)[O-])cc1.[Na+]. The number of carbonyl (C=O) groups is 3. The van der Waals surface area contributed by atoms with Crippen LogP contribution in [0.1, 0.15) is 42.5 Å². The predicted octanol–water partition coefficient (Wildman–Crippen LogP) is 1.46. The first-order chi connectivity index (χ1) is 26.4. The molecular formula is C40H41ClN4NaO7S3+. The molecule has 56 heavy (non-hydrogen) atoms. The molecule has 0 bridgehead atoms. The number of aliphatic carboxylic acids is 1. The van der Waals surface area contributed by atoms with Crippen molar-refractivity contribution in [2.45, 2.75) is 53.3 Å². The Bertz CT molecular complexity index is 2260. The fourth-order valence-corrected chi connectivity index (χ4v) is 11.1. The number of amides is 1. The van der Waals surface area contributed by atoms with Gasteiger partial charge in [0, 0.05) is 46.5 Å². The molecule has 1 saturated heterocycles. The Morgan fingerprint density at radius 3 is 2.43 bits per heavy atom. The van der Waals surface area contributed by atoms with Gasteiger partial charge in [0.2, 0.25) is 5.91 Å². The summed E-state index contributed by atoms with van der Waals surface area (Å²) < 4.78 is 34.6. The summed E-state index contributed by atoms with van der Waals surface area (Å²) in [6.45, 7) is 2.52. The Morgan fingerprint density at radius 1 is 1.00 bits per heavy atom. The van der Waals surface area contributed by atoms with E-state index in [0.717, 1.165) is 68.3 Å². The van der Waals surface area contributed by atoms with Gasteiger partial charge in [-0.15, -0.1) is 0 Å². The van der Waals surface area contributed by atoms with Crippen molar-refractivity contribution < 1.29 is 66.9 Å². The van der Waals surface area contributed by atoms with Crippen LogP contribution in [-0.2, 0) is 19.7 Å². The maximum Gasteiger partial charge on any atom is 1.00 e. The van der Waals surface area contributed by atoms with Gasteiger partial charge in [-0.1, -0.05) is 59.4 Å². The van der Waals surface area contributed by atoms with Crippen LogP contribution >= 0.6 is 35.1 Å². The maximum atomic E-state index is 13.0. The van der Waals surface area contributed by atoms with Gasteiger partial charge in [-0.2, -0.15) is 0 Å². The minimum atomic E-state index is -4.35. The fourth-order valence-electron chi connectivity index (χ4n) is 7.80. The molecule has 1 amide bonds. The number of hydrogen-bond donors (Lipinski definition) is 2. The van der Waals surface area contributed by atoms with Gasteiger partial charge in [0.15, 0.2) is 5.37 Å². The third-order valence-electron chi connectivity index (χ3n) is 10.7. The van der Waals surface area contributed by atoms with Crippen LogP contribution in [0.15, 0.2) is 99.8 Å². The number of halogens is 1. The minimum Gasteiger partial charge on any atom is -0.748 e. The topological polar surface area (TPSA) is 151 Å². The molecule has 0 radical (unpaired) electrons. The second-order valence-corrected chi connectivity index (χ2v) is 18.3. The number of thioether (sulfide) groups is 2. The molecule has 1 fully saturated rings. The van der Waals surface area contributed by atoms with E-state index in [0.29, 0.717) is 43.2 Å². The van der Waals surface area contributed by atoms with Gasteiger partial charge in [0.1, 0.15) is 23.7 Å². The number of anilines is 1. The molecule has 4 atom stereocenters. The van der Waals surface area contributed by atoms with Crippen molar-refractivity contribution in [1.82, 2.24) is 9.80 Å². The van der Waals surface area contributed by atoms with Crippen LogP contribution in [0.25, 0.3) is 10.8 Å². The van der Waals surface area contributed by atoms with Crippen molar-refractivity contribution >= 4 is 91.2 Å². The number of quaternary nitrogens is 2. The van der Waals surface area contributed by atoms with E-state index in [9.17, 15) is 32.5 Å². The summed E-state index contributed by atoms with van der Waals surface area (Å²) >= 11 is 9.88. The molecule has 4 unspecified atom stereocenters. The molecule has 11 nitrogen and oxygen atoms in total. The molecule has 16 heteroatoms. The van der Waals surface area contributed by atoms with Gasteiger partial charge in [-0.05, 0) is 78.6 Å². The van der Waals surface area contributed by atoms with E-state index in [1.807, 2.05) is 30.3 Å². The molecule has 3 heterocycles. The van der Waals surface area contributed by atoms with E-state index in [4.69, 9.17) is 11.6 Å². The van der Waals surface area contributed by atoms with Gasteiger partial charge in [-0.3, -0.25) is 19.0 Å². The second kappa shape index (κ2) is 18.4. The number of likely N-dealkylation sites (tertiary alicyclic amines) is 1. The van der Waals surface area contributed by atoms with E-state index in [1.165, 1.54) is 4.90 Å². The number of carbonyl (C=O) groups excluding carboxylic acids is 3. The summed E-state index contributed by atoms with van der Waals surface area (Å²) in [5, 5.41) is 18.8. The van der Waals surface area contributed by atoms with Crippen LogP contribution < -0.4 is 54.3 Å². The van der Waals surface area contributed by atoms with Gasteiger partial charge < -0.3 is 24.7 Å². The van der Waals surface area contributed by atoms with E-state index in [2.05, 4.69) is 40.6 Å². The normalized spacial score (nSPS) is 21.9. The van der Waals surface area contributed by atoms with Crippen LogP contribution in [0.3, 0.4) is 0 Å². The molecule has 288 valence electrons. The Kier molecular flexibility index (Phi) is 14.0.